The Morgan fingerprint density at radius 1 is 0.296 bits per heavy atom. The summed E-state index contributed by atoms with van der Waals surface area (Å²) in [6, 6.07) is 68.2. The molecule has 3 heteroatoms. The third-order valence-corrected chi connectivity index (χ3v) is 11.5. The molecule has 250 valence electrons. The zero-order valence-electron chi connectivity index (χ0n) is 29.2. The zero-order valence-corrected chi connectivity index (χ0v) is 29.2. The van der Waals surface area contributed by atoms with Gasteiger partial charge in [0.2, 0.25) is 0 Å². The SMILES string of the molecule is c1ccc(-n2c3ccccc3c3ccc4c5ccccc5n(-c5ccc(-c6nc7ccccc7c7c8ccccc8c8ccccc8c67)cc5)c4c32)cc1. The molecule has 0 spiro atoms. The van der Waals surface area contributed by atoms with Crippen molar-refractivity contribution in [2.45, 2.75) is 0 Å². The lowest BCUT2D eigenvalue weighted by Crippen LogP contribution is -1.99. The molecule has 3 aromatic heterocycles. The van der Waals surface area contributed by atoms with Crippen molar-refractivity contribution in [2.75, 3.05) is 0 Å². The minimum atomic E-state index is 1.00. The molecule has 0 aliphatic carbocycles. The highest BCUT2D eigenvalue weighted by Crippen LogP contribution is 2.44. The van der Waals surface area contributed by atoms with Crippen molar-refractivity contribution in [3.63, 3.8) is 0 Å². The van der Waals surface area contributed by atoms with Crippen LogP contribution in [0.2, 0.25) is 0 Å². The lowest BCUT2D eigenvalue weighted by molar-refractivity contribution is 1.15. The van der Waals surface area contributed by atoms with Gasteiger partial charge in [-0.2, -0.15) is 0 Å². The normalized spacial score (nSPS) is 12.1. The van der Waals surface area contributed by atoms with Gasteiger partial charge in [-0.1, -0.05) is 146 Å². The predicted octanol–water partition coefficient (Wildman–Crippen LogP) is 13.6. The molecule has 0 N–H and O–H groups in total. The fourth-order valence-electron chi connectivity index (χ4n) is 9.22. The van der Waals surface area contributed by atoms with Crippen molar-refractivity contribution in [2.24, 2.45) is 0 Å². The van der Waals surface area contributed by atoms with E-state index in [0.717, 1.165) is 28.1 Å². The van der Waals surface area contributed by atoms with Crippen LogP contribution in [-0.2, 0) is 0 Å². The number of aromatic nitrogens is 3. The van der Waals surface area contributed by atoms with E-state index in [9.17, 15) is 0 Å². The maximum absolute atomic E-state index is 5.42. The topological polar surface area (TPSA) is 22.8 Å². The van der Waals surface area contributed by atoms with Crippen molar-refractivity contribution >= 4 is 86.8 Å². The van der Waals surface area contributed by atoms with Crippen molar-refractivity contribution in [1.29, 1.82) is 0 Å². The standard InChI is InChI=1S/C51H31N3/c1-2-14-33(15-3-1)53-45-24-12-9-18-37(45)41-30-31-42-38-19-10-13-25-46(38)54(51(42)50(41)53)34-28-26-32(27-29-34)49-48-40-21-7-5-17-36(40)35-16-4-6-20-39(35)47(48)43-22-8-11-23-44(43)52-49/h1-31H. The van der Waals surface area contributed by atoms with Gasteiger partial charge in [-0.05, 0) is 64.0 Å². The summed E-state index contributed by atoms with van der Waals surface area (Å²) in [7, 11) is 0. The summed E-state index contributed by atoms with van der Waals surface area (Å²) in [4.78, 5) is 5.42. The van der Waals surface area contributed by atoms with Crippen LogP contribution < -0.4 is 0 Å². The average molecular weight is 686 g/mol. The van der Waals surface area contributed by atoms with Crippen molar-refractivity contribution in [3.8, 4) is 22.6 Å². The number of fused-ring (bicyclic) bond motifs is 15. The second-order valence-corrected chi connectivity index (χ2v) is 14.3. The Hall–Kier alpha value is -7.23. The summed E-state index contributed by atoms with van der Waals surface area (Å²) in [6.07, 6.45) is 0. The van der Waals surface area contributed by atoms with Gasteiger partial charge >= 0.3 is 0 Å². The van der Waals surface area contributed by atoms with Crippen molar-refractivity contribution < 1.29 is 0 Å². The fourth-order valence-corrected chi connectivity index (χ4v) is 9.22. The third-order valence-electron chi connectivity index (χ3n) is 11.5. The van der Waals surface area contributed by atoms with Gasteiger partial charge in [0.15, 0.2) is 0 Å². The smallest absolute Gasteiger partial charge is 0.0794 e. The molecule has 0 bridgehead atoms. The van der Waals surface area contributed by atoms with E-state index in [0.29, 0.717) is 0 Å². The van der Waals surface area contributed by atoms with Gasteiger partial charge in [0.05, 0.1) is 33.3 Å². The number of pyridine rings is 1. The zero-order chi connectivity index (χ0) is 35.3. The van der Waals surface area contributed by atoms with E-state index in [1.165, 1.54) is 81.3 Å². The van der Waals surface area contributed by atoms with Crippen LogP contribution in [0.3, 0.4) is 0 Å². The molecule has 0 unspecified atom stereocenters. The number of nitrogens with zero attached hydrogens (tertiary/aromatic N) is 3. The molecule has 0 amide bonds. The van der Waals surface area contributed by atoms with Gasteiger partial charge in [-0.15, -0.1) is 0 Å². The van der Waals surface area contributed by atoms with E-state index in [1.807, 2.05) is 0 Å². The largest absolute Gasteiger partial charge is 0.307 e. The summed E-state index contributed by atoms with van der Waals surface area (Å²) in [5.74, 6) is 0. The highest BCUT2D eigenvalue weighted by atomic mass is 15.0. The van der Waals surface area contributed by atoms with E-state index in [4.69, 9.17) is 4.98 Å². The van der Waals surface area contributed by atoms with E-state index >= 15 is 0 Å². The summed E-state index contributed by atoms with van der Waals surface area (Å²) in [5, 5.41) is 13.6. The molecule has 0 fully saturated rings. The lowest BCUT2D eigenvalue weighted by Gasteiger charge is -2.17. The van der Waals surface area contributed by atoms with Crippen molar-refractivity contribution in [3.05, 3.63) is 188 Å². The molecule has 0 aliphatic heterocycles. The third kappa shape index (κ3) is 3.98. The van der Waals surface area contributed by atoms with Gasteiger partial charge in [0, 0.05) is 54.6 Å². The lowest BCUT2D eigenvalue weighted by atomic mass is 9.90. The van der Waals surface area contributed by atoms with Crippen LogP contribution in [0, 0.1) is 0 Å². The van der Waals surface area contributed by atoms with Gasteiger partial charge in [0.25, 0.3) is 0 Å². The first-order valence-corrected chi connectivity index (χ1v) is 18.6. The number of hydrogen-bond donors (Lipinski definition) is 0. The molecular formula is C51H31N3. The van der Waals surface area contributed by atoms with E-state index in [2.05, 4.69) is 197 Å². The highest BCUT2D eigenvalue weighted by molar-refractivity contribution is 6.33. The molecule has 54 heavy (non-hydrogen) atoms. The Bertz CT molecular complexity index is 3480. The van der Waals surface area contributed by atoms with Gasteiger partial charge < -0.3 is 9.13 Å². The molecule has 12 aromatic rings. The minimum absolute atomic E-state index is 1.00. The molecule has 0 atom stereocenters. The summed E-state index contributed by atoms with van der Waals surface area (Å²) >= 11 is 0. The Balaban J connectivity index is 1.17. The maximum atomic E-state index is 5.42. The first-order valence-electron chi connectivity index (χ1n) is 18.6. The van der Waals surface area contributed by atoms with Crippen molar-refractivity contribution in [1.82, 2.24) is 14.1 Å². The average Bonchev–Trinajstić information content (AvgIpc) is 3.77. The number of rotatable bonds is 3. The van der Waals surface area contributed by atoms with E-state index in [-0.39, 0.29) is 0 Å². The molecule has 3 heterocycles. The molecule has 9 aromatic carbocycles. The quantitative estimate of drug-likeness (QED) is 0.170. The monoisotopic (exact) mass is 685 g/mol. The fraction of sp³-hybridized carbons (Fsp3) is 0. The van der Waals surface area contributed by atoms with Crippen LogP contribution in [0.25, 0.3) is 109 Å². The summed E-state index contributed by atoms with van der Waals surface area (Å²) in [5.41, 5.74) is 10.2. The van der Waals surface area contributed by atoms with Gasteiger partial charge in [-0.3, -0.25) is 0 Å². The Labute approximate surface area is 310 Å². The maximum Gasteiger partial charge on any atom is 0.0794 e. The first-order chi connectivity index (χ1) is 26.8. The van der Waals surface area contributed by atoms with Crippen LogP contribution in [0.1, 0.15) is 0 Å². The molecular weight excluding hydrogens is 655 g/mol. The van der Waals surface area contributed by atoms with Crippen LogP contribution in [0.4, 0.5) is 0 Å². The predicted molar refractivity (Wildman–Crippen MR) is 228 cm³/mol. The van der Waals surface area contributed by atoms with Crippen LogP contribution in [-0.4, -0.2) is 14.1 Å². The van der Waals surface area contributed by atoms with Crippen LogP contribution >= 0.6 is 0 Å². The Kier molecular flexibility index (Phi) is 6.05. The van der Waals surface area contributed by atoms with Gasteiger partial charge in [0.1, 0.15) is 0 Å². The second-order valence-electron chi connectivity index (χ2n) is 14.3. The first kappa shape index (κ1) is 29.4. The molecule has 3 nitrogen and oxygen atoms in total. The minimum Gasteiger partial charge on any atom is -0.307 e. The Morgan fingerprint density at radius 3 is 1.33 bits per heavy atom. The van der Waals surface area contributed by atoms with E-state index < -0.39 is 0 Å². The number of para-hydroxylation sites is 4. The van der Waals surface area contributed by atoms with Gasteiger partial charge in [-0.25, -0.2) is 4.98 Å². The molecule has 12 rings (SSSR count). The number of hydrogen-bond acceptors (Lipinski definition) is 1. The Morgan fingerprint density at radius 2 is 0.741 bits per heavy atom. The highest BCUT2D eigenvalue weighted by Gasteiger charge is 2.22. The molecule has 0 aliphatic rings. The van der Waals surface area contributed by atoms with E-state index in [1.54, 1.807) is 0 Å². The molecule has 0 saturated heterocycles. The number of benzene rings is 9. The van der Waals surface area contributed by atoms with Crippen LogP contribution in [0.15, 0.2) is 188 Å². The summed E-state index contributed by atoms with van der Waals surface area (Å²) < 4.78 is 4.90. The second kappa shape index (κ2) is 11.1. The summed E-state index contributed by atoms with van der Waals surface area (Å²) in [6.45, 7) is 0. The van der Waals surface area contributed by atoms with Crippen LogP contribution in [0.5, 0.6) is 0 Å². The molecule has 0 saturated carbocycles. The molecule has 0 radical (unpaired) electrons.